The molecule has 0 saturated carbocycles. The zero-order valence-electron chi connectivity index (χ0n) is 16.6. The third-order valence-electron chi connectivity index (χ3n) is 5.09. The van der Waals surface area contributed by atoms with E-state index >= 15 is 0 Å². The van der Waals surface area contributed by atoms with Crippen molar-refractivity contribution >= 4 is 34.6 Å². The van der Waals surface area contributed by atoms with Crippen LogP contribution in [0.1, 0.15) is 29.5 Å². The van der Waals surface area contributed by atoms with E-state index < -0.39 is 0 Å². The van der Waals surface area contributed by atoms with Crippen molar-refractivity contribution < 1.29 is 14.6 Å². The standard InChI is InChI=1S/C23H24N2O3S/c1-15-11-17(12-16(2)21(15)26)13-20-22(27)25(14-19-9-6-10-28-19)23(29-20)24-18-7-4-3-5-8-18/h3-5,7-8,11-13,19,26H,6,9-10,14H2,1-2H3/b20-13-,24-23?/t19-/m0/s1. The first-order chi connectivity index (χ1) is 14.0. The maximum Gasteiger partial charge on any atom is 0.266 e. The SMILES string of the molecule is Cc1cc(/C=C2\SC(=Nc3ccccc3)N(C[C@@H]3CCCO3)C2=O)cc(C)c1O. The van der Waals surface area contributed by atoms with Crippen LogP contribution in [-0.4, -0.2) is 40.3 Å². The summed E-state index contributed by atoms with van der Waals surface area (Å²) in [6.07, 6.45) is 3.92. The maximum absolute atomic E-state index is 13.2. The van der Waals surface area contributed by atoms with Crippen molar-refractivity contribution in [2.24, 2.45) is 4.99 Å². The monoisotopic (exact) mass is 408 g/mol. The van der Waals surface area contributed by atoms with E-state index in [0.717, 1.165) is 41.8 Å². The van der Waals surface area contributed by atoms with Crippen LogP contribution in [0.4, 0.5) is 5.69 Å². The largest absolute Gasteiger partial charge is 0.507 e. The van der Waals surface area contributed by atoms with E-state index in [1.165, 1.54) is 11.8 Å². The molecule has 6 heteroatoms. The van der Waals surface area contributed by atoms with Crippen molar-refractivity contribution in [3.8, 4) is 5.75 Å². The van der Waals surface area contributed by atoms with Gasteiger partial charge in [0, 0.05) is 6.61 Å². The molecule has 0 radical (unpaired) electrons. The van der Waals surface area contributed by atoms with E-state index in [0.29, 0.717) is 22.4 Å². The van der Waals surface area contributed by atoms with E-state index in [-0.39, 0.29) is 12.0 Å². The molecular formula is C23H24N2O3S. The van der Waals surface area contributed by atoms with E-state index in [1.807, 2.05) is 62.4 Å². The number of aromatic hydroxyl groups is 1. The van der Waals surface area contributed by atoms with Crippen LogP contribution < -0.4 is 0 Å². The van der Waals surface area contributed by atoms with Gasteiger partial charge < -0.3 is 9.84 Å². The highest BCUT2D eigenvalue weighted by Crippen LogP contribution is 2.36. The van der Waals surface area contributed by atoms with Gasteiger partial charge in [-0.1, -0.05) is 18.2 Å². The number of thioether (sulfide) groups is 1. The van der Waals surface area contributed by atoms with Gasteiger partial charge in [0.05, 0.1) is 23.2 Å². The van der Waals surface area contributed by atoms with Crippen LogP contribution >= 0.6 is 11.8 Å². The predicted molar refractivity (Wildman–Crippen MR) is 117 cm³/mol. The summed E-state index contributed by atoms with van der Waals surface area (Å²) in [4.78, 5) is 20.3. The molecule has 2 aromatic rings. The molecule has 2 aliphatic heterocycles. The van der Waals surface area contributed by atoms with Crippen LogP contribution in [0.25, 0.3) is 6.08 Å². The zero-order chi connectivity index (χ0) is 20.4. The fourth-order valence-corrected chi connectivity index (χ4v) is 4.59. The molecule has 150 valence electrons. The smallest absolute Gasteiger partial charge is 0.266 e. The number of nitrogens with zero attached hydrogens (tertiary/aromatic N) is 2. The highest BCUT2D eigenvalue weighted by molar-refractivity contribution is 8.18. The van der Waals surface area contributed by atoms with Crippen LogP contribution in [0.5, 0.6) is 5.75 Å². The molecule has 2 fully saturated rings. The first-order valence-electron chi connectivity index (χ1n) is 9.78. The topological polar surface area (TPSA) is 62.1 Å². The normalized spacial score (nSPS) is 22.2. The first kappa shape index (κ1) is 19.7. The molecule has 1 atom stereocenters. The number of amidine groups is 1. The molecule has 2 aliphatic rings. The number of para-hydroxylation sites is 1. The minimum absolute atomic E-state index is 0.0523. The molecule has 29 heavy (non-hydrogen) atoms. The van der Waals surface area contributed by atoms with E-state index in [4.69, 9.17) is 9.73 Å². The summed E-state index contributed by atoms with van der Waals surface area (Å²) in [5, 5.41) is 10.7. The Morgan fingerprint density at radius 1 is 1.24 bits per heavy atom. The Hall–Kier alpha value is -2.57. The lowest BCUT2D eigenvalue weighted by atomic mass is 10.1. The second-order valence-electron chi connectivity index (χ2n) is 7.39. The molecule has 2 saturated heterocycles. The molecule has 4 rings (SSSR count). The number of ether oxygens (including phenoxy) is 1. The summed E-state index contributed by atoms with van der Waals surface area (Å²) in [7, 11) is 0. The number of aryl methyl sites for hydroxylation is 2. The van der Waals surface area contributed by atoms with Gasteiger partial charge in [-0.05, 0) is 85.5 Å². The fraction of sp³-hybridized carbons (Fsp3) is 0.304. The number of phenols is 1. The Labute approximate surface area is 175 Å². The Morgan fingerprint density at radius 3 is 2.62 bits per heavy atom. The van der Waals surface area contributed by atoms with Gasteiger partial charge in [-0.25, -0.2) is 4.99 Å². The van der Waals surface area contributed by atoms with Gasteiger partial charge in [-0.15, -0.1) is 0 Å². The van der Waals surface area contributed by atoms with Crippen LogP contribution in [0, 0.1) is 13.8 Å². The third-order valence-corrected chi connectivity index (χ3v) is 6.10. The van der Waals surface area contributed by atoms with Gasteiger partial charge in [0.1, 0.15) is 5.75 Å². The van der Waals surface area contributed by atoms with Crippen molar-refractivity contribution in [3.05, 3.63) is 64.1 Å². The highest BCUT2D eigenvalue weighted by atomic mass is 32.2. The number of carbonyl (C=O) groups is 1. The highest BCUT2D eigenvalue weighted by Gasteiger charge is 2.35. The average molecular weight is 409 g/mol. The summed E-state index contributed by atoms with van der Waals surface area (Å²) >= 11 is 1.39. The molecule has 5 nitrogen and oxygen atoms in total. The lowest BCUT2D eigenvalue weighted by molar-refractivity contribution is -0.123. The number of aliphatic imine (C=N–C) groups is 1. The Balaban J connectivity index is 1.67. The zero-order valence-corrected chi connectivity index (χ0v) is 17.4. The fourth-order valence-electron chi connectivity index (χ4n) is 3.58. The first-order valence-corrected chi connectivity index (χ1v) is 10.6. The summed E-state index contributed by atoms with van der Waals surface area (Å²) in [6, 6.07) is 13.4. The van der Waals surface area contributed by atoms with E-state index in [2.05, 4.69) is 0 Å². The predicted octanol–water partition coefficient (Wildman–Crippen LogP) is 4.79. The summed E-state index contributed by atoms with van der Waals surface area (Å²) in [5.74, 6) is 0.243. The van der Waals surface area contributed by atoms with Gasteiger partial charge in [0.15, 0.2) is 5.17 Å². The minimum Gasteiger partial charge on any atom is -0.507 e. The Kier molecular flexibility index (Phi) is 5.74. The molecule has 0 aliphatic carbocycles. The summed E-state index contributed by atoms with van der Waals surface area (Å²) in [6.45, 7) is 4.99. The number of amides is 1. The van der Waals surface area contributed by atoms with Crippen LogP contribution in [-0.2, 0) is 9.53 Å². The van der Waals surface area contributed by atoms with Crippen molar-refractivity contribution in [1.82, 2.24) is 4.90 Å². The van der Waals surface area contributed by atoms with Gasteiger partial charge in [-0.3, -0.25) is 9.69 Å². The van der Waals surface area contributed by atoms with Crippen LogP contribution in [0.2, 0.25) is 0 Å². The molecule has 0 unspecified atom stereocenters. The number of hydrogen-bond donors (Lipinski definition) is 1. The van der Waals surface area contributed by atoms with Crippen molar-refractivity contribution in [2.75, 3.05) is 13.2 Å². The second kappa shape index (κ2) is 8.43. The van der Waals surface area contributed by atoms with Crippen molar-refractivity contribution in [3.63, 3.8) is 0 Å². The summed E-state index contributed by atoms with van der Waals surface area (Å²) < 4.78 is 5.75. The molecular weight excluding hydrogens is 384 g/mol. The Bertz CT molecular complexity index is 956. The quantitative estimate of drug-likeness (QED) is 0.739. The van der Waals surface area contributed by atoms with Gasteiger partial charge in [-0.2, -0.15) is 0 Å². The molecule has 2 aromatic carbocycles. The lowest BCUT2D eigenvalue weighted by Crippen LogP contribution is -2.36. The number of rotatable bonds is 4. The molecule has 0 bridgehead atoms. The molecule has 1 amide bonds. The van der Waals surface area contributed by atoms with E-state index in [1.54, 1.807) is 4.90 Å². The molecule has 0 aromatic heterocycles. The second-order valence-corrected chi connectivity index (χ2v) is 8.40. The number of hydrogen-bond acceptors (Lipinski definition) is 5. The van der Waals surface area contributed by atoms with Gasteiger partial charge in [0.2, 0.25) is 0 Å². The minimum atomic E-state index is -0.0523. The van der Waals surface area contributed by atoms with Gasteiger partial charge in [0.25, 0.3) is 5.91 Å². The average Bonchev–Trinajstić information content (AvgIpc) is 3.31. The molecule has 0 spiro atoms. The van der Waals surface area contributed by atoms with Crippen molar-refractivity contribution in [2.45, 2.75) is 32.8 Å². The Morgan fingerprint density at radius 2 is 1.97 bits per heavy atom. The van der Waals surface area contributed by atoms with Crippen molar-refractivity contribution in [1.29, 1.82) is 0 Å². The number of phenolic OH excluding ortho intramolecular Hbond substituents is 1. The number of carbonyl (C=O) groups excluding carboxylic acids is 1. The lowest BCUT2D eigenvalue weighted by Gasteiger charge is -2.19. The summed E-state index contributed by atoms with van der Waals surface area (Å²) in [5.41, 5.74) is 3.30. The van der Waals surface area contributed by atoms with Crippen LogP contribution in [0.3, 0.4) is 0 Å². The third kappa shape index (κ3) is 4.38. The van der Waals surface area contributed by atoms with Gasteiger partial charge >= 0.3 is 0 Å². The van der Waals surface area contributed by atoms with Crippen LogP contribution in [0.15, 0.2) is 52.4 Å². The number of benzene rings is 2. The molecule has 2 heterocycles. The molecule has 1 N–H and O–H groups in total. The maximum atomic E-state index is 13.2. The van der Waals surface area contributed by atoms with E-state index in [9.17, 15) is 9.90 Å².